The smallest absolute Gasteiger partial charge is 0.246 e. The average Bonchev–Trinajstić information content (AvgIpc) is 2.38. The number of hydrogen-bond donors (Lipinski definition) is 1. The average molecular weight is 296 g/mol. The van der Waals surface area contributed by atoms with E-state index in [2.05, 4.69) is 26.1 Å². The summed E-state index contributed by atoms with van der Waals surface area (Å²) in [6.07, 6.45) is 4.69. The summed E-state index contributed by atoms with van der Waals surface area (Å²) in [5.41, 5.74) is 0.0538. The zero-order valence-electron chi connectivity index (χ0n) is 14.5. The minimum absolute atomic E-state index is 0.0299. The lowest BCUT2D eigenvalue weighted by atomic mass is 9.85. The first kappa shape index (κ1) is 18.0. The van der Waals surface area contributed by atoms with Crippen molar-refractivity contribution in [3.63, 3.8) is 0 Å². The van der Waals surface area contributed by atoms with Gasteiger partial charge in [-0.1, -0.05) is 53.9 Å². The van der Waals surface area contributed by atoms with Gasteiger partial charge < -0.3 is 10.2 Å². The summed E-state index contributed by atoms with van der Waals surface area (Å²) in [6.45, 7) is 13.0. The molecule has 0 saturated carbocycles. The van der Waals surface area contributed by atoms with Crippen LogP contribution in [0.15, 0.2) is 0 Å². The Morgan fingerprint density at radius 3 is 2.38 bits per heavy atom. The summed E-state index contributed by atoms with van der Waals surface area (Å²) in [5, 5.41) is 2.85. The van der Waals surface area contributed by atoms with E-state index >= 15 is 0 Å². The van der Waals surface area contributed by atoms with Gasteiger partial charge in [-0.25, -0.2) is 0 Å². The fraction of sp³-hybridized carbons (Fsp3) is 0.882. The zero-order valence-corrected chi connectivity index (χ0v) is 14.5. The minimum Gasteiger partial charge on any atom is -0.342 e. The Hall–Kier alpha value is -1.06. The van der Waals surface area contributed by atoms with Crippen LogP contribution < -0.4 is 5.32 Å². The van der Waals surface area contributed by atoms with E-state index < -0.39 is 0 Å². The fourth-order valence-electron chi connectivity index (χ4n) is 2.91. The highest BCUT2D eigenvalue weighted by molar-refractivity contribution is 5.96. The number of hydrogen-bond acceptors (Lipinski definition) is 2. The van der Waals surface area contributed by atoms with Crippen LogP contribution in [0.1, 0.15) is 67.2 Å². The van der Waals surface area contributed by atoms with Gasteiger partial charge in [-0.2, -0.15) is 0 Å². The summed E-state index contributed by atoms with van der Waals surface area (Å²) in [6, 6.07) is -0.738. The van der Waals surface area contributed by atoms with E-state index in [9.17, 15) is 9.59 Å². The van der Waals surface area contributed by atoms with E-state index in [-0.39, 0.29) is 35.2 Å². The predicted octanol–water partition coefficient (Wildman–Crippen LogP) is 2.96. The summed E-state index contributed by atoms with van der Waals surface area (Å²) < 4.78 is 0. The molecule has 1 aliphatic rings. The van der Waals surface area contributed by atoms with E-state index in [0.29, 0.717) is 6.54 Å². The van der Waals surface area contributed by atoms with Crippen molar-refractivity contribution < 1.29 is 9.59 Å². The lowest BCUT2D eigenvalue weighted by Crippen LogP contribution is -2.65. The molecule has 1 heterocycles. The van der Waals surface area contributed by atoms with Crippen LogP contribution in [0.5, 0.6) is 0 Å². The molecule has 2 atom stereocenters. The number of carbonyl (C=O) groups excluding carboxylic acids is 2. The molecule has 2 amide bonds. The molecule has 1 N–H and O–H groups in total. The fourth-order valence-corrected chi connectivity index (χ4v) is 2.91. The number of piperazine rings is 1. The zero-order chi connectivity index (χ0) is 16.2. The van der Waals surface area contributed by atoms with Crippen molar-refractivity contribution in [1.29, 1.82) is 0 Å². The monoisotopic (exact) mass is 296 g/mol. The Labute approximate surface area is 129 Å². The molecular formula is C17H32N2O2. The predicted molar refractivity (Wildman–Crippen MR) is 85.9 cm³/mol. The van der Waals surface area contributed by atoms with Crippen molar-refractivity contribution in [3.05, 3.63) is 0 Å². The highest BCUT2D eigenvalue weighted by Gasteiger charge is 2.41. The summed E-state index contributed by atoms with van der Waals surface area (Å²) in [7, 11) is 0. The van der Waals surface area contributed by atoms with Gasteiger partial charge in [-0.3, -0.25) is 9.59 Å². The minimum atomic E-state index is -0.375. The highest BCUT2D eigenvalue weighted by atomic mass is 16.2. The third-order valence-electron chi connectivity index (χ3n) is 4.42. The topological polar surface area (TPSA) is 49.4 Å². The maximum absolute atomic E-state index is 12.6. The van der Waals surface area contributed by atoms with Crippen molar-refractivity contribution in [1.82, 2.24) is 10.2 Å². The molecule has 1 fully saturated rings. The Morgan fingerprint density at radius 1 is 1.24 bits per heavy atom. The number of rotatable bonds is 7. The Bertz CT molecular complexity index is 377. The van der Waals surface area contributed by atoms with Crippen LogP contribution >= 0.6 is 0 Å². The van der Waals surface area contributed by atoms with Crippen molar-refractivity contribution >= 4 is 11.8 Å². The number of amides is 2. The molecule has 1 rings (SSSR count). The molecule has 0 spiro atoms. The van der Waals surface area contributed by atoms with E-state index in [1.54, 1.807) is 4.90 Å². The molecule has 0 bridgehead atoms. The quantitative estimate of drug-likeness (QED) is 0.734. The largest absolute Gasteiger partial charge is 0.342 e. The van der Waals surface area contributed by atoms with Crippen LogP contribution in [0.2, 0.25) is 0 Å². The summed E-state index contributed by atoms with van der Waals surface area (Å²) in [4.78, 5) is 26.5. The SMILES string of the molecule is CCCCCC(C)(C)CN1C(=O)C(C(C)C)NC(=O)C1C. The van der Waals surface area contributed by atoms with Crippen LogP contribution in [-0.4, -0.2) is 35.3 Å². The number of nitrogens with one attached hydrogen (secondary N) is 1. The molecule has 1 aliphatic heterocycles. The molecule has 0 aromatic heterocycles. The lowest BCUT2D eigenvalue weighted by Gasteiger charge is -2.42. The second kappa shape index (κ2) is 7.28. The van der Waals surface area contributed by atoms with Crippen LogP contribution in [0.4, 0.5) is 0 Å². The molecule has 4 nitrogen and oxygen atoms in total. The first-order valence-corrected chi connectivity index (χ1v) is 8.30. The van der Waals surface area contributed by atoms with Gasteiger partial charge in [0.15, 0.2) is 0 Å². The van der Waals surface area contributed by atoms with Gasteiger partial charge in [0, 0.05) is 6.54 Å². The van der Waals surface area contributed by atoms with Crippen LogP contribution in [0.25, 0.3) is 0 Å². The molecular weight excluding hydrogens is 264 g/mol. The maximum Gasteiger partial charge on any atom is 0.246 e. The molecule has 0 aromatic carbocycles. The van der Waals surface area contributed by atoms with E-state index in [0.717, 1.165) is 6.42 Å². The number of unbranched alkanes of at least 4 members (excludes halogenated alkanes) is 2. The molecule has 21 heavy (non-hydrogen) atoms. The van der Waals surface area contributed by atoms with Crippen LogP contribution in [0, 0.1) is 11.3 Å². The molecule has 0 aliphatic carbocycles. The highest BCUT2D eigenvalue weighted by Crippen LogP contribution is 2.28. The Morgan fingerprint density at radius 2 is 1.86 bits per heavy atom. The van der Waals surface area contributed by atoms with Gasteiger partial charge in [0.1, 0.15) is 12.1 Å². The van der Waals surface area contributed by atoms with Crippen LogP contribution in [0.3, 0.4) is 0 Å². The van der Waals surface area contributed by atoms with Crippen molar-refractivity contribution in [2.75, 3.05) is 6.54 Å². The Kier molecular flexibility index (Phi) is 6.24. The van der Waals surface area contributed by atoms with Gasteiger partial charge in [0.05, 0.1) is 0 Å². The molecule has 1 saturated heterocycles. The molecule has 0 aromatic rings. The van der Waals surface area contributed by atoms with E-state index in [1.165, 1.54) is 19.3 Å². The standard InChI is InChI=1S/C17H32N2O2/c1-7-8-9-10-17(5,6)11-19-13(4)15(20)18-14(12(2)3)16(19)21/h12-14H,7-11H2,1-6H3,(H,18,20). The molecule has 0 radical (unpaired) electrons. The van der Waals surface area contributed by atoms with Gasteiger partial charge in [-0.15, -0.1) is 0 Å². The van der Waals surface area contributed by atoms with Crippen molar-refractivity contribution in [2.24, 2.45) is 11.3 Å². The number of carbonyl (C=O) groups is 2. The van der Waals surface area contributed by atoms with E-state index in [1.807, 2.05) is 20.8 Å². The third kappa shape index (κ3) is 4.72. The summed E-state index contributed by atoms with van der Waals surface area (Å²) in [5.74, 6) is 0.165. The first-order valence-electron chi connectivity index (χ1n) is 8.30. The van der Waals surface area contributed by atoms with Crippen molar-refractivity contribution in [3.8, 4) is 0 Å². The van der Waals surface area contributed by atoms with Crippen molar-refractivity contribution in [2.45, 2.75) is 79.3 Å². The maximum atomic E-state index is 12.6. The second-order valence-corrected chi connectivity index (χ2v) is 7.49. The van der Waals surface area contributed by atoms with Gasteiger partial charge in [-0.05, 0) is 24.7 Å². The first-order chi connectivity index (χ1) is 9.69. The normalized spacial score (nSPS) is 23.7. The molecule has 2 unspecified atom stereocenters. The van der Waals surface area contributed by atoms with E-state index in [4.69, 9.17) is 0 Å². The van der Waals surface area contributed by atoms with Crippen LogP contribution in [-0.2, 0) is 9.59 Å². The van der Waals surface area contributed by atoms with Gasteiger partial charge in [0.2, 0.25) is 11.8 Å². The summed E-state index contributed by atoms with van der Waals surface area (Å²) >= 11 is 0. The molecule has 4 heteroatoms. The number of nitrogens with zero attached hydrogens (tertiary/aromatic N) is 1. The lowest BCUT2D eigenvalue weighted by molar-refractivity contribution is -0.151. The molecule has 122 valence electrons. The third-order valence-corrected chi connectivity index (χ3v) is 4.42. The van der Waals surface area contributed by atoms with Gasteiger partial charge >= 0.3 is 0 Å². The Balaban J connectivity index is 2.77. The second-order valence-electron chi connectivity index (χ2n) is 7.49. The van der Waals surface area contributed by atoms with Gasteiger partial charge in [0.25, 0.3) is 0 Å².